The summed E-state index contributed by atoms with van der Waals surface area (Å²) in [5.41, 5.74) is 0.0617. The molecule has 5 radical (unpaired) electrons. The first-order chi connectivity index (χ1) is 11.6. The zero-order chi connectivity index (χ0) is 18.4. The molecule has 1 aliphatic heterocycles. The number of benzene rings is 1. The second-order valence-electron chi connectivity index (χ2n) is 7.17. The third kappa shape index (κ3) is 3.98. The number of nitrogens with zero attached hydrogens (tertiary/aromatic N) is 1. The highest BCUT2D eigenvalue weighted by Gasteiger charge is 2.45. The van der Waals surface area contributed by atoms with Crippen molar-refractivity contribution in [2.24, 2.45) is 10.4 Å². The van der Waals surface area contributed by atoms with Crippen LogP contribution in [0.4, 0.5) is 13.2 Å². The van der Waals surface area contributed by atoms with E-state index in [1.165, 1.54) is 12.1 Å². The lowest BCUT2D eigenvalue weighted by atomic mass is 9.87. The van der Waals surface area contributed by atoms with Crippen LogP contribution in [0.2, 0.25) is 0 Å². The van der Waals surface area contributed by atoms with Gasteiger partial charge in [0.15, 0.2) is 5.90 Å². The standard InChI is InChI=1S/C19H18F3INO/c1-18(2,3)15-10-25-17(24-15)16-13(8-9-14(16)23)11-4-6-12(7-5-11)19(20,21)22/h4-9,15H,10H2,1-3H3/t15-/m1/s1. The van der Waals surface area contributed by atoms with Crippen LogP contribution < -0.4 is 0 Å². The van der Waals surface area contributed by atoms with Crippen molar-refractivity contribution in [3.05, 3.63) is 64.0 Å². The fraction of sp³-hybridized carbons (Fsp3) is 0.368. The molecule has 25 heavy (non-hydrogen) atoms. The van der Waals surface area contributed by atoms with Crippen LogP contribution in [0.3, 0.4) is 0 Å². The van der Waals surface area contributed by atoms with Crippen molar-refractivity contribution in [3.8, 4) is 0 Å². The Bertz CT molecular complexity index is 648. The summed E-state index contributed by atoms with van der Waals surface area (Å²) in [6.07, 6.45) is -0.504. The summed E-state index contributed by atoms with van der Waals surface area (Å²) in [5, 5.41) is 0. The van der Waals surface area contributed by atoms with Gasteiger partial charge in [-0.25, -0.2) is 4.99 Å². The fourth-order valence-electron chi connectivity index (χ4n) is 2.70. The van der Waals surface area contributed by atoms with E-state index >= 15 is 0 Å². The molecule has 0 unspecified atom stereocenters. The Morgan fingerprint density at radius 3 is 2.24 bits per heavy atom. The number of ether oxygens (including phenoxy) is 1. The fourth-order valence-corrected chi connectivity index (χ4v) is 3.40. The summed E-state index contributed by atoms with van der Waals surface area (Å²) in [6, 6.07) is 5.26. The van der Waals surface area contributed by atoms with Crippen LogP contribution in [-0.4, -0.2) is 18.5 Å². The number of halogens is 4. The van der Waals surface area contributed by atoms with Gasteiger partial charge in [0.2, 0.25) is 0 Å². The third-order valence-corrected chi connectivity index (χ3v) is 5.19. The van der Waals surface area contributed by atoms with Crippen LogP contribution >= 0.6 is 22.6 Å². The van der Waals surface area contributed by atoms with E-state index in [0.717, 1.165) is 33.5 Å². The molecule has 1 atom stereocenters. The predicted molar refractivity (Wildman–Crippen MR) is 99.5 cm³/mol. The van der Waals surface area contributed by atoms with Gasteiger partial charge in [-0.3, -0.25) is 0 Å². The van der Waals surface area contributed by atoms with E-state index in [-0.39, 0.29) is 11.5 Å². The molecule has 0 bridgehead atoms. The Labute approximate surface area is 160 Å². The molecule has 0 saturated heterocycles. The van der Waals surface area contributed by atoms with E-state index in [9.17, 15) is 13.2 Å². The van der Waals surface area contributed by atoms with Gasteiger partial charge in [0.05, 0.1) is 21.4 Å². The Morgan fingerprint density at radius 1 is 1.08 bits per heavy atom. The largest absolute Gasteiger partial charge is 0.478 e. The number of aliphatic imine (C=N–C) groups is 1. The molecular formula is C19H18F3INO. The zero-order valence-corrected chi connectivity index (χ0v) is 16.3. The summed E-state index contributed by atoms with van der Waals surface area (Å²) in [4.78, 5) is 4.72. The first-order valence-corrected chi connectivity index (χ1v) is 8.99. The van der Waals surface area contributed by atoms with Gasteiger partial charge in [-0.15, -0.1) is 0 Å². The molecule has 1 aromatic carbocycles. The number of alkyl halides is 3. The molecule has 1 aromatic rings. The van der Waals surface area contributed by atoms with Gasteiger partial charge in [-0.05, 0) is 36.0 Å². The average molecular weight is 460 g/mol. The van der Waals surface area contributed by atoms with Gasteiger partial charge in [0, 0.05) is 5.92 Å². The van der Waals surface area contributed by atoms with Crippen LogP contribution in [0.15, 0.2) is 29.3 Å². The highest BCUT2D eigenvalue weighted by Crippen LogP contribution is 2.50. The lowest BCUT2D eigenvalue weighted by Crippen LogP contribution is -2.25. The SMILES string of the molecule is CC(C)(C)[C@H]1COC([C]2[C](I)[CH][CH][C]2c2ccc(C(F)(F)F)cc2)=N1. The lowest BCUT2D eigenvalue weighted by Gasteiger charge is -2.22. The molecule has 0 N–H and O–H groups in total. The molecule has 0 aromatic heterocycles. The third-order valence-electron chi connectivity index (χ3n) is 4.29. The smallest absolute Gasteiger partial charge is 0.416 e. The zero-order valence-electron chi connectivity index (χ0n) is 14.1. The van der Waals surface area contributed by atoms with E-state index < -0.39 is 11.7 Å². The van der Waals surface area contributed by atoms with Crippen LogP contribution in [-0.2, 0) is 10.9 Å². The summed E-state index contributed by atoms with van der Waals surface area (Å²) >= 11 is 2.20. The normalized spacial score (nSPS) is 23.8. The average Bonchev–Trinajstić information content (AvgIpc) is 3.12. The second-order valence-corrected chi connectivity index (χ2v) is 8.33. The first kappa shape index (κ1) is 19.0. The summed E-state index contributed by atoms with van der Waals surface area (Å²) in [7, 11) is 0. The second kappa shape index (κ2) is 6.74. The minimum Gasteiger partial charge on any atom is -0.478 e. The van der Waals surface area contributed by atoms with E-state index in [1.54, 1.807) is 0 Å². The maximum atomic E-state index is 12.8. The lowest BCUT2D eigenvalue weighted by molar-refractivity contribution is -0.137. The monoisotopic (exact) mass is 460 g/mol. The molecule has 1 aliphatic carbocycles. The van der Waals surface area contributed by atoms with Crippen molar-refractivity contribution in [3.63, 3.8) is 0 Å². The quantitative estimate of drug-likeness (QED) is 0.540. The first-order valence-electron chi connectivity index (χ1n) is 7.91. The van der Waals surface area contributed by atoms with Gasteiger partial charge in [0.25, 0.3) is 0 Å². The predicted octanol–water partition coefficient (Wildman–Crippen LogP) is 5.44. The Balaban J connectivity index is 1.84. The molecule has 1 saturated carbocycles. The highest BCUT2D eigenvalue weighted by atomic mass is 127. The maximum absolute atomic E-state index is 12.8. The van der Waals surface area contributed by atoms with E-state index in [0.29, 0.717) is 12.5 Å². The molecular weight excluding hydrogens is 442 g/mol. The van der Waals surface area contributed by atoms with Crippen molar-refractivity contribution in [2.45, 2.75) is 33.0 Å². The van der Waals surface area contributed by atoms with Crippen molar-refractivity contribution in [2.75, 3.05) is 6.61 Å². The van der Waals surface area contributed by atoms with Crippen LogP contribution in [0.25, 0.3) is 0 Å². The Hall–Kier alpha value is -0.790. The van der Waals surface area contributed by atoms with Gasteiger partial charge < -0.3 is 4.74 Å². The number of hydrogen-bond acceptors (Lipinski definition) is 2. The van der Waals surface area contributed by atoms with E-state index in [2.05, 4.69) is 43.4 Å². The topological polar surface area (TPSA) is 21.6 Å². The van der Waals surface area contributed by atoms with Crippen LogP contribution in [0, 0.1) is 34.0 Å². The summed E-state index contributed by atoms with van der Waals surface area (Å²) in [5.74, 6) is 2.27. The maximum Gasteiger partial charge on any atom is 0.416 e. The van der Waals surface area contributed by atoms with E-state index in [4.69, 9.17) is 9.73 Å². The Morgan fingerprint density at radius 2 is 1.72 bits per heavy atom. The molecule has 1 fully saturated rings. The minimum absolute atomic E-state index is 0.00566. The van der Waals surface area contributed by atoms with Crippen molar-refractivity contribution in [1.29, 1.82) is 0 Å². The molecule has 6 heteroatoms. The highest BCUT2D eigenvalue weighted by molar-refractivity contribution is 14.1. The van der Waals surface area contributed by atoms with Gasteiger partial charge in [-0.1, -0.05) is 55.5 Å². The van der Waals surface area contributed by atoms with Crippen LogP contribution in [0.1, 0.15) is 31.9 Å². The van der Waals surface area contributed by atoms with Gasteiger partial charge >= 0.3 is 6.18 Å². The molecule has 0 amide bonds. The van der Waals surface area contributed by atoms with Crippen molar-refractivity contribution >= 4 is 28.5 Å². The molecule has 1 heterocycles. The molecule has 133 valence electrons. The molecule has 0 spiro atoms. The molecule has 2 nitrogen and oxygen atoms in total. The minimum atomic E-state index is -4.33. The number of rotatable bonds is 2. The van der Waals surface area contributed by atoms with Crippen molar-refractivity contribution in [1.82, 2.24) is 0 Å². The van der Waals surface area contributed by atoms with Gasteiger partial charge in [0.1, 0.15) is 6.61 Å². The molecule has 2 aliphatic rings. The van der Waals surface area contributed by atoms with E-state index in [1.807, 2.05) is 12.8 Å². The summed E-state index contributed by atoms with van der Waals surface area (Å²) in [6.45, 7) is 6.85. The van der Waals surface area contributed by atoms with Gasteiger partial charge in [-0.2, -0.15) is 13.2 Å². The van der Waals surface area contributed by atoms with Crippen LogP contribution in [0.5, 0.6) is 0 Å². The Kier molecular flexibility index (Phi) is 5.12. The number of hydrogen-bond donors (Lipinski definition) is 0. The molecule has 3 rings (SSSR count). The summed E-state index contributed by atoms with van der Waals surface area (Å²) < 4.78 is 45.1. The van der Waals surface area contributed by atoms with Crippen molar-refractivity contribution < 1.29 is 17.9 Å².